The van der Waals surface area contributed by atoms with Gasteiger partial charge in [-0.3, -0.25) is 0 Å². The van der Waals surface area contributed by atoms with Gasteiger partial charge in [0.2, 0.25) is 0 Å². The van der Waals surface area contributed by atoms with Crippen LogP contribution in [0.15, 0.2) is 12.2 Å². The van der Waals surface area contributed by atoms with Crippen LogP contribution in [0.1, 0.15) is 47.5 Å². The fourth-order valence-electron chi connectivity index (χ4n) is 4.23. The van der Waals surface area contributed by atoms with Gasteiger partial charge in [-0.25, -0.2) is 4.79 Å². The minimum absolute atomic E-state index is 0.0226. The van der Waals surface area contributed by atoms with E-state index in [1.807, 2.05) is 0 Å². The van der Waals surface area contributed by atoms with Crippen molar-refractivity contribution in [2.75, 3.05) is 6.61 Å². The molecule has 0 heterocycles. The Kier molecular flexibility index (Phi) is 11.8. The van der Waals surface area contributed by atoms with Crippen molar-refractivity contribution in [3.63, 3.8) is 0 Å². The molecule has 0 aliphatic heterocycles. The summed E-state index contributed by atoms with van der Waals surface area (Å²) in [5.41, 5.74) is 0.464. The van der Waals surface area contributed by atoms with Gasteiger partial charge in [-0.1, -0.05) is 51.8 Å². The average Bonchev–Trinajstić information content (AvgIpc) is 2.60. The summed E-state index contributed by atoms with van der Waals surface area (Å²) in [6.07, 6.45) is 1.92. The van der Waals surface area contributed by atoms with Crippen molar-refractivity contribution in [1.82, 2.24) is 0 Å². The van der Waals surface area contributed by atoms with Gasteiger partial charge >= 0.3 is 5.97 Å². The molecule has 0 radical (unpaired) electrons. The van der Waals surface area contributed by atoms with Crippen molar-refractivity contribution in [3.05, 3.63) is 12.2 Å². The molecule has 196 valence electrons. The molecule has 0 aromatic carbocycles. The van der Waals surface area contributed by atoms with Gasteiger partial charge in [-0.2, -0.15) is 0 Å². The summed E-state index contributed by atoms with van der Waals surface area (Å²) < 4.78 is 19.1. The molecule has 0 saturated heterocycles. The van der Waals surface area contributed by atoms with Crippen molar-refractivity contribution >= 4 is 38.8 Å². The van der Waals surface area contributed by atoms with Gasteiger partial charge in [0.1, 0.15) is 0 Å². The molecule has 0 rings (SSSR count). The summed E-state index contributed by atoms with van der Waals surface area (Å²) in [6, 6.07) is 3.51. The minimum atomic E-state index is -1.87. The number of carbonyl (C=O) groups excluding carboxylic acids is 1. The summed E-state index contributed by atoms with van der Waals surface area (Å²) in [4.78, 5) is 11.7. The van der Waals surface area contributed by atoms with E-state index in [1.54, 1.807) is 6.92 Å². The van der Waals surface area contributed by atoms with Crippen LogP contribution in [0, 0.1) is 0 Å². The van der Waals surface area contributed by atoms with E-state index in [-0.39, 0.29) is 16.4 Å². The average molecular weight is 533 g/mol. The fourth-order valence-corrected chi connectivity index (χ4v) is 19.2. The van der Waals surface area contributed by atoms with Crippen molar-refractivity contribution < 1.29 is 18.4 Å². The third-order valence-electron chi connectivity index (χ3n) is 7.68. The summed E-state index contributed by atoms with van der Waals surface area (Å²) in [6.45, 7) is 36.6. The highest BCUT2D eigenvalue weighted by Gasteiger charge is 2.47. The second-order valence-corrected chi connectivity index (χ2v) is 32.9. The highest BCUT2D eigenvalue weighted by atomic mass is 28.4. The zero-order valence-corrected chi connectivity index (χ0v) is 28.6. The van der Waals surface area contributed by atoms with Crippen molar-refractivity contribution in [3.8, 4) is 0 Å². The summed E-state index contributed by atoms with van der Waals surface area (Å²) >= 11 is 0. The Balaban J connectivity index is 5.20. The summed E-state index contributed by atoms with van der Waals surface area (Å²) in [5.74, 6) is -0.287. The third kappa shape index (κ3) is 10.6. The molecule has 0 amide bonds. The molecular formula is C25H56O4Si4. The third-order valence-corrected chi connectivity index (χ3v) is 22.0. The molecule has 0 aromatic heterocycles. The second-order valence-electron chi connectivity index (χ2n) is 13.5. The normalized spacial score (nSPS) is 15.8. The van der Waals surface area contributed by atoms with Crippen LogP contribution < -0.4 is 0 Å². The van der Waals surface area contributed by atoms with Crippen LogP contribution in [0.3, 0.4) is 0 Å². The number of hydrogen-bond acceptors (Lipinski definition) is 4. The van der Waals surface area contributed by atoms with E-state index >= 15 is 0 Å². The van der Waals surface area contributed by atoms with E-state index in [4.69, 9.17) is 13.6 Å². The van der Waals surface area contributed by atoms with Crippen LogP contribution in [0.4, 0.5) is 0 Å². The molecule has 1 atom stereocenters. The Morgan fingerprint density at radius 3 is 1.76 bits per heavy atom. The highest BCUT2D eigenvalue weighted by molar-refractivity contribution is 6.84. The molecule has 0 fully saturated rings. The van der Waals surface area contributed by atoms with Crippen LogP contribution in [-0.4, -0.2) is 55.8 Å². The summed E-state index contributed by atoms with van der Waals surface area (Å²) in [7, 11) is -6.78. The number of rotatable bonds is 15. The molecule has 4 nitrogen and oxygen atoms in total. The summed E-state index contributed by atoms with van der Waals surface area (Å²) in [5, 5.41) is -0.0949. The molecule has 0 N–H and O–H groups in total. The molecule has 0 bridgehead atoms. The van der Waals surface area contributed by atoms with Gasteiger partial charge < -0.3 is 13.6 Å². The van der Waals surface area contributed by atoms with E-state index in [1.165, 1.54) is 12.1 Å². The first-order chi connectivity index (χ1) is 14.5. The van der Waals surface area contributed by atoms with Crippen molar-refractivity contribution in [2.45, 2.75) is 135 Å². The minimum Gasteiger partial charge on any atom is -0.462 e. The highest BCUT2D eigenvalue weighted by Crippen LogP contribution is 2.39. The molecule has 0 aromatic rings. The lowest BCUT2D eigenvalue weighted by Gasteiger charge is -2.48. The van der Waals surface area contributed by atoms with E-state index in [9.17, 15) is 4.79 Å². The molecule has 0 spiro atoms. The molecule has 33 heavy (non-hydrogen) atoms. The topological polar surface area (TPSA) is 44.8 Å². The first-order valence-corrected chi connectivity index (χ1v) is 25.7. The molecule has 0 aliphatic carbocycles. The Bertz CT molecular complexity index is 666. The number of ether oxygens (including phenoxy) is 1. The largest absolute Gasteiger partial charge is 0.462 e. The molecule has 0 unspecified atom stereocenters. The number of carbonyl (C=O) groups is 1. The van der Waals surface area contributed by atoms with Crippen LogP contribution in [0.2, 0.25) is 77.1 Å². The van der Waals surface area contributed by atoms with E-state index in [0.29, 0.717) is 12.2 Å². The maximum Gasteiger partial charge on any atom is 0.333 e. The zero-order valence-electron chi connectivity index (χ0n) is 24.6. The quantitative estimate of drug-likeness (QED) is 0.0927. The molecule has 0 aliphatic rings. The maximum atomic E-state index is 11.7. The van der Waals surface area contributed by atoms with E-state index < -0.39 is 32.8 Å². The SMILES string of the molecule is C=C(C)C(=O)OCCC[Si](C)(C)[C@@](C)(CC)O[Si](C)(C)CC[Si](C)(C)C(C)(C)O[Si](C)(C)C. The van der Waals surface area contributed by atoms with E-state index in [0.717, 1.165) is 18.9 Å². The maximum absolute atomic E-state index is 11.7. The second kappa shape index (κ2) is 11.8. The van der Waals surface area contributed by atoms with Gasteiger partial charge in [-0.05, 0) is 79.3 Å². The van der Waals surface area contributed by atoms with Crippen LogP contribution in [0.5, 0.6) is 0 Å². The Labute approximate surface area is 210 Å². The standard InChI is InChI=1S/C25H56O4Si4/c1-16-25(6,32(12,13)19-17-18-27-23(26)22(2)3)29-33(14,15)21-20-31(10,11)24(4,5)28-30(7,8)9/h2,16-21H2,1,3-15H3/t25-/m0/s1. The number of esters is 1. The Morgan fingerprint density at radius 2 is 1.33 bits per heavy atom. The smallest absolute Gasteiger partial charge is 0.333 e. The van der Waals surface area contributed by atoms with Gasteiger partial charge in [0.05, 0.1) is 22.8 Å². The van der Waals surface area contributed by atoms with E-state index in [2.05, 4.69) is 93.2 Å². The Morgan fingerprint density at radius 1 is 0.818 bits per heavy atom. The van der Waals surface area contributed by atoms with Gasteiger partial charge in [0, 0.05) is 16.0 Å². The number of hydrogen-bond donors (Lipinski definition) is 0. The predicted molar refractivity (Wildman–Crippen MR) is 156 cm³/mol. The first kappa shape index (κ1) is 33.0. The zero-order chi connectivity index (χ0) is 26.5. The molecule has 8 heteroatoms. The monoisotopic (exact) mass is 532 g/mol. The van der Waals surface area contributed by atoms with Gasteiger partial charge in [-0.15, -0.1) is 0 Å². The fraction of sp³-hybridized carbons (Fsp3) is 0.880. The molecular weight excluding hydrogens is 477 g/mol. The van der Waals surface area contributed by atoms with Crippen molar-refractivity contribution in [2.24, 2.45) is 0 Å². The lowest BCUT2D eigenvalue weighted by Crippen LogP contribution is -2.59. The lowest BCUT2D eigenvalue weighted by atomic mass is 10.3. The van der Waals surface area contributed by atoms with Crippen LogP contribution in [0.25, 0.3) is 0 Å². The molecule has 0 saturated carbocycles. The van der Waals surface area contributed by atoms with Gasteiger partial charge in [0.25, 0.3) is 0 Å². The first-order valence-electron chi connectivity index (χ1n) is 12.7. The predicted octanol–water partition coefficient (Wildman–Crippen LogP) is 8.01. The Hall–Kier alpha value is -0.00247. The van der Waals surface area contributed by atoms with Crippen LogP contribution >= 0.6 is 0 Å². The lowest BCUT2D eigenvalue weighted by molar-refractivity contribution is -0.138. The van der Waals surface area contributed by atoms with Gasteiger partial charge in [0.15, 0.2) is 16.6 Å². The van der Waals surface area contributed by atoms with Crippen LogP contribution in [-0.2, 0) is 18.4 Å². The van der Waals surface area contributed by atoms with Crippen molar-refractivity contribution in [1.29, 1.82) is 0 Å².